The zero-order valence-corrected chi connectivity index (χ0v) is 18.6. The molecular formula is C20H21ClN2O7S. The first-order valence-corrected chi connectivity index (χ1v) is 11.0. The largest absolute Gasteiger partial charge is 0.454 e. The van der Waals surface area contributed by atoms with E-state index < -0.39 is 28.0 Å². The third-order valence-electron chi connectivity index (χ3n) is 4.49. The predicted molar refractivity (Wildman–Crippen MR) is 112 cm³/mol. The average molecular weight is 469 g/mol. The van der Waals surface area contributed by atoms with Crippen molar-refractivity contribution < 1.29 is 32.2 Å². The Morgan fingerprint density at radius 1 is 1.16 bits per heavy atom. The monoisotopic (exact) mass is 468 g/mol. The molecule has 1 atom stereocenters. The molecule has 0 radical (unpaired) electrons. The number of hydrogen-bond acceptors (Lipinski definition) is 7. The lowest BCUT2D eigenvalue weighted by molar-refractivity contribution is -0.129. The summed E-state index contributed by atoms with van der Waals surface area (Å²) >= 11 is 6.04. The fourth-order valence-corrected chi connectivity index (χ4v) is 3.82. The van der Waals surface area contributed by atoms with Gasteiger partial charge in [0.05, 0.1) is 15.5 Å². The summed E-state index contributed by atoms with van der Waals surface area (Å²) in [5, 5.41) is 2.67. The molecule has 3 rings (SSSR count). The minimum atomic E-state index is -3.77. The van der Waals surface area contributed by atoms with E-state index in [4.69, 9.17) is 25.8 Å². The van der Waals surface area contributed by atoms with Crippen LogP contribution < -0.4 is 14.8 Å². The van der Waals surface area contributed by atoms with E-state index in [1.807, 2.05) is 0 Å². The van der Waals surface area contributed by atoms with Gasteiger partial charge >= 0.3 is 5.97 Å². The third kappa shape index (κ3) is 5.09. The molecule has 0 aliphatic carbocycles. The lowest BCUT2D eigenvalue weighted by Gasteiger charge is -2.16. The van der Waals surface area contributed by atoms with Crippen LogP contribution in [-0.2, 0) is 26.1 Å². The number of fused-ring (bicyclic) bond motifs is 1. The Morgan fingerprint density at radius 2 is 1.87 bits per heavy atom. The number of nitrogens with zero attached hydrogens (tertiary/aromatic N) is 1. The summed E-state index contributed by atoms with van der Waals surface area (Å²) in [4.78, 5) is 24.7. The van der Waals surface area contributed by atoms with E-state index in [9.17, 15) is 18.0 Å². The third-order valence-corrected chi connectivity index (χ3v) is 6.63. The highest BCUT2D eigenvalue weighted by Gasteiger charge is 2.24. The summed E-state index contributed by atoms with van der Waals surface area (Å²) in [7, 11) is -1.03. The van der Waals surface area contributed by atoms with E-state index in [1.54, 1.807) is 18.2 Å². The van der Waals surface area contributed by atoms with Crippen LogP contribution in [0.1, 0.15) is 22.8 Å². The normalized spacial score (nSPS) is 13.7. The van der Waals surface area contributed by atoms with Crippen molar-refractivity contribution in [2.45, 2.75) is 24.5 Å². The number of amides is 1. The van der Waals surface area contributed by atoms with Crippen molar-refractivity contribution in [2.24, 2.45) is 0 Å². The molecular weight excluding hydrogens is 448 g/mol. The molecule has 0 saturated heterocycles. The molecule has 1 aliphatic heterocycles. The van der Waals surface area contributed by atoms with E-state index >= 15 is 0 Å². The number of hydrogen-bond donors (Lipinski definition) is 1. The van der Waals surface area contributed by atoms with E-state index in [-0.39, 0.29) is 28.8 Å². The van der Waals surface area contributed by atoms with Gasteiger partial charge in [-0.25, -0.2) is 17.5 Å². The first-order valence-electron chi connectivity index (χ1n) is 9.19. The van der Waals surface area contributed by atoms with Crippen LogP contribution in [0.3, 0.4) is 0 Å². The van der Waals surface area contributed by atoms with Gasteiger partial charge < -0.3 is 19.5 Å². The van der Waals surface area contributed by atoms with Crippen LogP contribution >= 0.6 is 11.6 Å². The van der Waals surface area contributed by atoms with E-state index in [0.717, 1.165) is 15.9 Å². The van der Waals surface area contributed by atoms with Crippen LogP contribution in [0.2, 0.25) is 5.02 Å². The summed E-state index contributed by atoms with van der Waals surface area (Å²) < 4.78 is 41.3. The Hall–Kier alpha value is -2.82. The molecule has 0 bridgehead atoms. The van der Waals surface area contributed by atoms with Gasteiger partial charge in [-0.3, -0.25) is 4.79 Å². The number of sulfonamides is 1. The number of rotatable bonds is 7. The Labute approximate surface area is 184 Å². The summed E-state index contributed by atoms with van der Waals surface area (Å²) in [5.41, 5.74) is 0.626. The predicted octanol–water partition coefficient (Wildman–Crippen LogP) is 2.18. The van der Waals surface area contributed by atoms with Crippen molar-refractivity contribution in [1.29, 1.82) is 0 Å². The van der Waals surface area contributed by atoms with Crippen molar-refractivity contribution in [3.63, 3.8) is 0 Å². The molecule has 31 heavy (non-hydrogen) atoms. The maximum absolute atomic E-state index is 12.5. The quantitative estimate of drug-likeness (QED) is 0.620. The number of halogens is 1. The van der Waals surface area contributed by atoms with Gasteiger partial charge in [-0.1, -0.05) is 17.7 Å². The smallest absolute Gasteiger partial charge is 0.340 e. The van der Waals surface area contributed by atoms with Gasteiger partial charge in [0.2, 0.25) is 16.8 Å². The van der Waals surface area contributed by atoms with E-state index in [1.165, 1.54) is 33.2 Å². The number of carbonyl (C=O) groups excluding carboxylic acids is 2. The van der Waals surface area contributed by atoms with Gasteiger partial charge in [0.1, 0.15) is 0 Å². The SMILES string of the molecule is C[C@H](OC(=O)c1cc(S(=O)(=O)N(C)C)ccc1Cl)C(=O)NCc1ccc2c(c1)OCO2. The van der Waals surface area contributed by atoms with Crippen LogP contribution in [0.25, 0.3) is 0 Å². The zero-order chi connectivity index (χ0) is 22.8. The minimum Gasteiger partial charge on any atom is -0.454 e. The first kappa shape index (κ1) is 22.9. The van der Waals surface area contributed by atoms with Crippen molar-refractivity contribution >= 4 is 33.5 Å². The Morgan fingerprint density at radius 3 is 2.58 bits per heavy atom. The second kappa shape index (κ2) is 9.13. The van der Waals surface area contributed by atoms with Gasteiger partial charge in [-0.2, -0.15) is 0 Å². The molecule has 0 unspecified atom stereocenters. The van der Waals surface area contributed by atoms with Crippen molar-refractivity contribution in [1.82, 2.24) is 9.62 Å². The van der Waals surface area contributed by atoms with Gasteiger partial charge in [0.25, 0.3) is 5.91 Å². The van der Waals surface area contributed by atoms with Crippen LogP contribution in [-0.4, -0.2) is 51.6 Å². The lowest BCUT2D eigenvalue weighted by atomic mass is 10.2. The molecule has 9 nitrogen and oxygen atoms in total. The van der Waals surface area contributed by atoms with Gasteiger partial charge in [-0.05, 0) is 42.8 Å². The summed E-state index contributed by atoms with van der Waals surface area (Å²) in [5.74, 6) is -0.216. The van der Waals surface area contributed by atoms with E-state index in [2.05, 4.69) is 5.32 Å². The van der Waals surface area contributed by atoms with Crippen LogP contribution in [0.15, 0.2) is 41.3 Å². The summed E-state index contributed by atoms with van der Waals surface area (Å²) in [6.45, 7) is 1.74. The van der Waals surface area contributed by atoms with Crippen molar-refractivity contribution in [3.8, 4) is 11.5 Å². The molecule has 0 fully saturated rings. The second-order valence-electron chi connectivity index (χ2n) is 6.88. The number of esters is 1. The summed E-state index contributed by atoms with van der Waals surface area (Å²) in [6, 6.07) is 8.97. The Bertz CT molecular complexity index is 1120. The second-order valence-corrected chi connectivity index (χ2v) is 9.44. The van der Waals surface area contributed by atoms with E-state index in [0.29, 0.717) is 11.5 Å². The van der Waals surface area contributed by atoms with Gasteiger partial charge in [0.15, 0.2) is 17.6 Å². The molecule has 166 valence electrons. The molecule has 1 amide bonds. The Kier molecular flexibility index (Phi) is 6.73. The molecule has 0 saturated carbocycles. The first-order chi connectivity index (χ1) is 14.6. The minimum absolute atomic E-state index is 0.00988. The van der Waals surface area contributed by atoms with Crippen LogP contribution in [0.4, 0.5) is 0 Å². The number of carbonyl (C=O) groups is 2. The molecule has 11 heteroatoms. The fourth-order valence-electron chi connectivity index (χ4n) is 2.69. The molecule has 1 N–H and O–H groups in total. The number of ether oxygens (including phenoxy) is 3. The average Bonchev–Trinajstić information content (AvgIpc) is 3.19. The molecule has 2 aromatic rings. The molecule has 0 spiro atoms. The fraction of sp³-hybridized carbons (Fsp3) is 0.300. The highest BCUT2D eigenvalue weighted by Crippen LogP contribution is 2.32. The van der Waals surface area contributed by atoms with Crippen molar-refractivity contribution in [2.75, 3.05) is 20.9 Å². The van der Waals surface area contributed by atoms with Crippen LogP contribution in [0.5, 0.6) is 11.5 Å². The maximum Gasteiger partial charge on any atom is 0.340 e. The van der Waals surface area contributed by atoms with Gasteiger partial charge in [0, 0.05) is 20.6 Å². The maximum atomic E-state index is 12.5. The van der Waals surface area contributed by atoms with Crippen LogP contribution in [0, 0.1) is 0 Å². The highest BCUT2D eigenvalue weighted by molar-refractivity contribution is 7.89. The Balaban J connectivity index is 1.64. The molecule has 1 aliphatic rings. The van der Waals surface area contributed by atoms with Gasteiger partial charge in [-0.15, -0.1) is 0 Å². The molecule has 1 heterocycles. The zero-order valence-electron chi connectivity index (χ0n) is 17.0. The molecule has 2 aromatic carbocycles. The summed E-state index contributed by atoms with van der Waals surface area (Å²) in [6.07, 6.45) is -1.13. The van der Waals surface area contributed by atoms with Crippen molar-refractivity contribution in [3.05, 3.63) is 52.5 Å². The topological polar surface area (TPSA) is 111 Å². The number of nitrogens with one attached hydrogen (secondary N) is 1. The lowest BCUT2D eigenvalue weighted by Crippen LogP contribution is -2.35. The highest BCUT2D eigenvalue weighted by atomic mass is 35.5. The number of benzene rings is 2. The standard InChI is InChI=1S/C20H21ClN2O7S/c1-12(19(24)22-10-13-4-7-17-18(8-13)29-11-28-17)30-20(25)15-9-14(5-6-16(15)21)31(26,27)23(2)3/h4-9,12H,10-11H2,1-3H3,(H,22,24)/t12-/m0/s1. The molecule has 0 aromatic heterocycles.